The van der Waals surface area contributed by atoms with Crippen LogP contribution in [0.15, 0.2) is 29.8 Å². The fraction of sp³-hybridized carbons (Fsp3) is 0.154. The summed E-state index contributed by atoms with van der Waals surface area (Å²) in [6, 6.07) is 3.05. The van der Waals surface area contributed by atoms with Gasteiger partial charge in [-0.05, 0) is 7.05 Å². The molecule has 0 radical (unpaired) electrons. The first-order chi connectivity index (χ1) is 9.67. The summed E-state index contributed by atoms with van der Waals surface area (Å²) in [6.45, 7) is 0.533. The lowest BCUT2D eigenvalue weighted by molar-refractivity contribution is 0.446. The largest absolute Gasteiger partial charge is 0.437 e. The number of hydrogen-bond donors (Lipinski definition) is 1. The molecule has 4 nitrogen and oxygen atoms in total. The van der Waals surface area contributed by atoms with Gasteiger partial charge in [0.1, 0.15) is 23.1 Å². The molecule has 104 valence electrons. The van der Waals surface area contributed by atoms with Crippen LogP contribution in [-0.2, 0) is 6.54 Å². The second-order valence-electron chi connectivity index (χ2n) is 4.16. The molecule has 0 aliphatic carbocycles. The van der Waals surface area contributed by atoms with Crippen LogP contribution in [0.2, 0.25) is 0 Å². The normalized spacial score (nSPS) is 11.2. The van der Waals surface area contributed by atoms with Gasteiger partial charge in [0.15, 0.2) is 4.96 Å². The second kappa shape index (κ2) is 5.18. The number of benzene rings is 1. The van der Waals surface area contributed by atoms with E-state index in [4.69, 9.17) is 4.74 Å². The molecule has 2 aromatic heterocycles. The first kappa shape index (κ1) is 13.0. The highest BCUT2D eigenvalue weighted by Crippen LogP contribution is 2.28. The third-order valence-corrected chi connectivity index (χ3v) is 3.48. The minimum Gasteiger partial charge on any atom is -0.437 e. The van der Waals surface area contributed by atoms with Gasteiger partial charge in [-0.3, -0.25) is 4.40 Å². The van der Waals surface area contributed by atoms with Gasteiger partial charge in [0, 0.05) is 36.3 Å². The molecule has 1 N–H and O–H groups in total. The van der Waals surface area contributed by atoms with E-state index in [1.807, 2.05) is 16.0 Å². The van der Waals surface area contributed by atoms with Gasteiger partial charge in [-0.25, -0.2) is 8.78 Å². The van der Waals surface area contributed by atoms with Crippen LogP contribution in [0, 0.1) is 11.6 Å². The quantitative estimate of drug-likeness (QED) is 0.803. The Hall–Kier alpha value is -1.99. The number of halogens is 2. The first-order valence-electron chi connectivity index (χ1n) is 5.90. The highest BCUT2D eigenvalue weighted by molar-refractivity contribution is 7.15. The lowest BCUT2D eigenvalue weighted by atomic mass is 10.3. The van der Waals surface area contributed by atoms with Crippen molar-refractivity contribution in [2.45, 2.75) is 6.54 Å². The summed E-state index contributed by atoms with van der Waals surface area (Å²) in [5.74, 6) is -0.936. The van der Waals surface area contributed by atoms with Crippen LogP contribution in [0.25, 0.3) is 4.96 Å². The van der Waals surface area contributed by atoms with Crippen molar-refractivity contribution < 1.29 is 13.5 Å². The zero-order chi connectivity index (χ0) is 14.1. The van der Waals surface area contributed by atoms with Crippen LogP contribution in [0.5, 0.6) is 11.6 Å². The lowest BCUT2D eigenvalue weighted by Gasteiger charge is -2.06. The summed E-state index contributed by atoms with van der Waals surface area (Å²) in [6.07, 6.45) is 1.87. The van der Waals surface area contributed by atoms with Crippen molar-refractivity contribution in [3.05, 3.63) is 47.1 Å². The van der Waals surface area contributed by atoms with E-state index in [9.17, 15) is 8.78 Å². The average Bonchev–Trinajstić information content (AvgIpc) is 2.92. The zero-order valence-electron chi connectivity index (χ0n) is 10.6. The molecule has 0 aliphatic heterocycles. The number of aromatic nitrogens is 2. The summed E-state index contributed by atoms with van der Waals surface area (Å²) < 4.78 is 33.7. The number of thiazole rings is 1. The Morgan fingerprint density at radius 1 is 1.30 bits per heavy atom. The molecule has 3 rings (SSSR count). The number of rotatable bonds is 4. The van der Waals surface area contributed by atoms with E-state index in [0.717, 1.165) is 28.9 Å². The number of ether oxygens (including phenoxy) is 1. The number of hydrogen-bond acceptors (Lipinski definition) is 4. The summed E-state index contributed by atoms with van der Waals surface area (Å²) >= 11 is 1.46. The van der Waals surface area contributed by atoms with E-state index < -0.39 is 11.6 Å². The van der Waals surface area contributed by atoms with E-state index in [1.54, 1.807) is 7.05 Å². The Bertz CT molecular complexity index is 733. The zero-order valence-corrected chi connectivity index (χ0v) is 11.4. The van der Waals surface area contributed by atoms with Crippen LogP contribution in [0.3, 0.4) is 0 Å². The van der Waals surface area contributed by atoms with E-state index in [1.165, 1.54) is 11.3 Å². The van der Waals surface area contributed by atoms with E-state index in [0.29, 0.717) is 12.4 Å². The molecule has 0 atom stereocenters. The van der Waals surface area contributed by atoms with Crippen LogP contribution < -0.4 is 10.1 Å². The summed E-state index contributed by atoms with van der Waals surface area (Å²) in [7, 11) is 1.80. The number of fused-ring (bicyclic) bond motifs is 1. The standard InChI is InChI=1S/C13H11F2N3OS/c1-16-7-11-12(17-13-18(11)2-3-20-13)19-10-5-8(14)4-9(15)6-10/h2-6,16H,7H2,1H3. The average molecular weight is 295 g/mol. The van der Waals surface area contributed by atoms with Crippen molar-refractivity contribution in [3.63, 3.8) is 0 Å². The van der Waals surface area contributed by atoms with Crippen molar-refractivity contribution in [2.75, 3.05) is 7.05 Å². The van der Waals surface area contributed by atoms with Gasteiger partial charge in [-0.15, -0.1) is 11.3 Å². The fourth-order valence-electron chi connectivity index (χ4n) is 1.92. The molecule has 20 heavy (non-hydrogen) atoms. The van der Waals surface area contributed by atoms with Crippen LogP contribution in [0.1, 0.15) is 5.69 Å². The molecule has 0 fully saturated rings. The molecule has 3 aromatic rings. The number of imidazole rings is 1. The van der Waals surface area contributed by atoms with Gasteiger partial charge in [0.2, 0.25) is 5.88 Å². The van der Waals surface area contributed by atoms with Crippen LogP contribution in [-0.4, -0.2) is 16.4 Å². The monoisotopic (exact) mass is 295 g/mol. The van der Waals surface area contributed by atoms with E-state index >= 15 is 0 Å². The molecule has 0 amide bonds. The maximum absolute atomic E-state index is 13.2. The molecule has 0 aliphatic rings. The smallest absolute Gasteiger partial charge is 0.243 e. The van der Waals surface area contributed by atoms with Gasteiger partial charge < -0.3 is 10.1 Å². The van der Waals surface area contributed by atoms with Crippen molar-refractivity contribution in [1.29, 1.82) is 0 Å². The molecule has 0 spiro atoms. The van der Waals surface area contributed by atoms with Crippen molar-refractivity contribution in [3.8, 4) is 11.6 Å². The molecule has 7 heteroatoms. The van der Waals surface area contributed by atoms with Crippen LogP contribution >= 0.6 is 11.3 Å². The fourth-order valence-corrected chi connectivity index (χ4v) is 2.65. The predicted octanol–water partition coefficient (Wildman–Crippen LogP) is 3.19. The van der Waals surface area contributed by atoms with Gasteiger partial charge in [-0.1, -0.05) is 0 Å². The van der Waals surface area contributed by atoms with E-state index in [-0.39, 0.29) is 5.75 Å². The lowest BCUT2D eigenvalue weighted by Crippen LogP contribution is -2.08. The Morgan fingerprint density at radius 2 is 2.05 bits per heavy atom. The Kier molecular flexibility index (Phi) is 3.37. The Balaban J connectivity index is 2.00. The summed E-state index contributed by atoms with van der Waals surface area (Å²) in [5, 5.41) is 4.93. The highest BCUT2D eigenvalue weighted by Gasteiger charge is 2.15. The maximum atomic E-state index is 13.2. The van der Waals surface area contributed by atoms with Gasteiger partial charge in [0.05, 0.1) is 0 Å². The molecule has 2 heterocycles. The van der Waals surface area contributed by atoms with Crippen molar-refractivity contribution in [1.82, 2.24) is 14.7 Å². The Morgan fingerprint density at radius 3 is 2.75 bits per heavy atom. The second-order valence-corrected chi connectivity index (χ2v) is 5.03. The number of nitrogens with one attached hydrogen (secondary N) is 1. The van der Waals surface area contributed by atoms with Crippen molar-refractivity contribution in [2.24, 2.45) is 0 Å². The van der Waals surface area contributed by atoms with Crippen LogP contribution in [0.4, 0.5) is 8.78 Å². The Labute approximate surface area is 117 Å². The molecule has 1 aromatic carbocycles. The minimum atomic E-state index is -0.684. The molecule has 0 bridgehead atoms. The number of nitrogens with zero attached hydrogens (tertiary/aromatic N) is 2. The molecule has 0 saturated carbocycles. The van der Waals surface area contributed by atoms with Gasteiger partial charge in [-0.2, -0.15) is 4.98 Å². The highest BCUT2D eigenvalue weighted by atomic mass is 32.1. The molecule has 0 saturated heterocycles. The van der Waals surface area contributed by atoms with Gasteiger partial charge >= 0.3 is 0 Å². The third-order valence-electron chi connectivity index (χ3n) is 2.72. The van der Waals surface area contributed by atoms with E-state index in [2.05, 4.69) is 10.3 Å². The summed E-state index contributed by atoms with van der Waals surface area (Å²) in [4.78, 5) is 5.09. The maximum Gasteiger partial charge on any atom is 0.243 e. The third kappa shape index (κ3) is 2.37. The first-order valence-corrected chi connectivity index (χ1v) is 6.78. The van der Waals surface area contributed by atoms with Gasteiger partial charge in [0.25, 0.3) is 0 Å². The molecular weight excluding hydrogens is 284 g/mol. The van der Waals surface area contributed by atoms with Crippen molar-refractivity contribution >= 4 is 16.3 Å². The minimum absolute atomic E-state index is 0.0885. The predicted molar refractivity (Wildman–Crippen MR) is 72.3 cm³/mol. The molecule has 0 unspecified atom stereocenters. The topological polar surface area (TPSA) is 38.6 Å². The molecular formula is C13H11F2N3OS. The SMILES string of the molecule is CNCc1c(Oc2cc(F)cc(F)c2)nc2sccn12. The summed E-state index contributed by atoms with van der Waals surface area (Å²) in [5.41, 5.74) is 0.799.